The van der Waals surface area contributed by atoms with Crippen LogP contribution in [0.2, 0.25) is 0 Å². The number of rotatable bonds is 2. The number of nitrogen functional groups attached to an aromatic ring is 1. The topological polar surface area (TPSA) is 38.0 Å². The molecular formula is C11H16ClFN2. The van der Waals surface area contributed by atoms with Crippen LogP contribution >= 0.6 is 12.4 Å². The normalized spacial score (nSPS) is 16.8. The van der Waals surface area contributed by atoms with Crippen LogP contribution in [0, 0.1) is 13.8 Å². The average Bonchev–Trinajstić information content (AvgIpc) is 2.84. The van der Waals surface area contributed by atoms with Gasteiger partial charge in [0, 0.05) is 0 Å². The van der Waals surface area contributed by atoms with Crippen molar-refractivity contribution in [3.8, 4) is 0 Å². The summed E-state index contributed by atoms with van der Waals surface area (Å²) in [6, 6.07) is 3.77. The summed E-state index contributed by atoms with van der Waals surface area (Å²) in [5, 5.41) is 0. The van der Waals surface area contributed by atoms with Crippen molar-refractivity contribution >= 4 is 18.1 Å². The Bertz CT molecular complexity index is 352. The lowest BCUT2D eigenvalue weighted by Crippen LogP contribution is -2.11. The first kappa shape index (κ1) is 12.3. The Morgan fingerprint density at radius 3 is 2.07 bits per heavy atom. The molecule has 0 amide bonds. The molecule has 1 aromatic carbocycles. The predicted octanol–water partition coefficient (Wildman–Crippen LogP) is 2.97. The molecule has 0 unspecified atom stereocenters. The molecule has 0 atom stereocenters. The highest BCUT2D eigenvalue weighted by molar-refractivity contribution is 5.85. The average molecular weight is 231 g/mol. The molecule has 1 aliphatic carbocycles. The summed E-state index contributed by atoms with van der Waals surface area (Å²) >= 11 is 0. The summed E-state index contributed by atoms with van der Waals surface area (Å²) in [6.07, 6.45) is 1.31. The van der Waals surface area contributed by atoms with Gasteiger partial charge in [-0.05, 0) is 43.4 Å². The molecule has 84 valence electrons. The molecule has 1 saturated carbocycles. The largest absolute Gasteiger partial charge is 0.324 e. The van der Waals surface area contributed by atoms with E-state index < -0.39 is 5.67 Å². The van der Waals surface area contributed by atoms with Crippen LogP contribution in [-0.4, -0.2) is 0 Å². The van der Waals surface area contributed by atoms with E-state index in [1.165, 1.54) is 0 Å². The first-order valence-corrected chi connectivity index (χ1v) is 4.84. The van der Waals surface area contributed by atoms with Gasteiger partial charge in [-0.2, -0.15) is 0 Å². The molecule has 0 bridgehead atoms. The van der Waals surface area contributed by atoms with Crippen molar-refractivity contribution in [1.29, 1.82) is 0 Å². The summed E-state index contributed by atoms with van der Waals surface area (Å²) in [5.74, 6) is 5.38. The van der Waals surface area contributed by atoms with E-state index in [0.29, 0.717) is 12.8 Å². The Balaban J connectivity index is 0.00000112. The van der Waals surface area contributed by atoms with Gasteiger partial charge in [0.1, 0.15) is 5.67 Å². The molecular weight excluding hydrogens is 215 g/mol. The number of hydrogen-bond donors (Lipinski definition) is 2. The molecule has 0 aliphatic heterocycles. The minimum atomic E-state index is -1.05. The van der Waals surface area contributed by atoms with Crippen molar-refractivity contribution < 1.29 is 4.39 Å². The molecule has 1 aliphatic rings. The molecule has 0 aromatic heterocycles. The van der Waals surface area contributed by atoms with Gasteiger partial charge < -0.3 is 5.43 Å². The second-order valence-electron chi connectivity index (χ2n) is 4.09. The Kier molecular flexibility index (Phi) is 3.26. The number of aryl methyl sites for hydroxylation is 2. The second-order valence-corrected chi connectivity index (χ2v) is 4.09. The number of alkyl halides is 1. The van der Waals surface area contributed by atoms with Gasteiger partial charge in [-0.1, -0.05) is 12.1 Å². The maximum Gasteiger partial charge on any atom is 0.136 e. The lowest BCUT2D eigenvalue weighted by molar-refractivity contribution is 0.317. The molecule has 0 radical (unpaired) electrons. The third-order valence-corrected chi connectivity index (χ3v) is 2.88. The first-order chi connectivity index (χ1) is 6.57. The van der Waals surface area contributed by atoms with E-state index in [0.717, 1.165) is 22.4 Å². The molecule has 2 nitrogen and oxygen atoms in total. The van der Waals surface area contributed by atoms with Gasteiger partial charge >= 0.3 is 0 Å². The smallest absolute Gasteiger partial charge is 0.136 e. The van der Waals surface area contributed by atoms with Crippen LogP contribution in [0.25, 0.3) is 0 Å². The van der Waals surface area contributed by atoms with Crippen LogP contribution in [0.5, 0.6) is 0 Å². The Labute approximate surface area is 95.4 Å². The van der Waals surface area contributed by atoms with Crippen molar-refractivity contribution in [2.45, 2.75) is 32.4 Å². The maximum atomic E-state index is 13.8. The Morgan fingerprint density at radius 2 is 1.73 bits per heavy atom. The predicted molar refractivity (Wildman–Crippen MR) is 63.0 cm³/mol. The van der Waals surface area contributed by atoms with Crippen LogP contribution in [-0.2, 0) is 5.67 Å². The third-order valence-electron chi connectivity index (χ3n) is 2.88. The maximum absolute atomic E-state index is 13.8. The molecule has 1 aromatic rings. The number of nitrogens with one attached hydrogen (secondary N) is 1. The van der Waals surface area contributed by atoms with Crippen molar-refractivity contribution in [2.75, 3.05) is 5.43 Å². The summed E-state index contributed by atoms with van der Waals surface area (Å²) in [5.41, 5.74) is 5.30. The molecule has 1 fully saturated rings. The lowest BCUT2D eigenvalue weighted by Gasteiger charge is -2.13. The van der Waals surface area contributed by atoms with Gasteiger partial charge in [0.25, 0.3) is 0 Å². The number of hydrazine groups is 1. The molecule has 15 heavy (non-hydrogen) atoms. The first-order valence-electron chi connectivity index (χ1n) is 4.84. The fraction of sp³-hybridized carbons (Fsp3) is 0.455. The van der Waals surface area contributed by atoms with Crippen LogP contribution in [0.15, 0.2) is 12.1 Å². The van der Waals surface area contributed by atoms with Crippen molar-refractivity contribution in [2.24, 2.45) is 5.84 Å². The summed E-state index contributed by atoms with van der Waals surface area (Å²) in [6.45, 7) is 3.88. The van der Waals surface area contributed by atoms with Gasteiger partial charge in [0.15, 0.2) is 0 Å². The summed E-state index contributed by atoms with van der Waals surface area (Å²) in [7, 11) is 0. The molecule has 3 N–H and O–H groups in total. The highest BCUT2D eigenvalue weighted by Gasteiger charge is 2.45. The van der Waals surface area contributed by atoms with Crippen molar-refractivity contribution in [1.82, 2.24) is 0 Å². The van der Waals surface area contributed by atoms with Gasteiger partial charge in [-0.25, -0.2) is 4.39 Å². The zero-order valence-corrected chi connectivity index (χ0v) is 9.75. The van der Waals surface area contributed by atoms with E-state index in [4.69, 9.17) is 5.84 Å². The molecule has 0 saturated heterocycles. The zero-order valence-electron chi connectivity index (χ0n) is 8.93. The quantitative estimate of drug-likeness (QED) is 0.606. The van der Waals surface area contributed by atoms with E-state index in [9.17, 15) is 4.39 Å². The second kappa shape index (κ2) is 3.99. The molecule has 2 rings (SSSR count). The zero-order chi connectivity index (χ0) is 10.3. The molecule has 0 heterocycles. The van der Waals surface area contributed by atoms with E-state index in [1.807, 2.05) is 26.0 Å². The minimum Gasteiger partial charge on any atom is -0.324 e. The molecule has 4 heteroatoms. The number of nitrogens with two attached hydrogens (primary N) is 1. The number of anilines is 1. The van der Waals surface area contributed by atoms with Gasteiger partial charge in [-0.3, -0.25) is 5.84 Å². The number of hydrogen-bond acceptors (Lipinski definition) is 2. The number of halogens is 2. The van der Waals surface area contributed by atoms with Crippen LogP contribution < -0.4 is 11.3 Å². The lowest BCUT2D eigenvalue weighted by atomic mass is 10.0. The van der Waals surface area contributed by atoms with Crippen LogP contribution in [0.1, 0.15) is 29.5 Å². The van der Waals surface area contributed by atoms with Crippen LogP contribution in [0.4, 0.5) is 10.1 Å². The van der Waals surface area contributed by atoms with Crippen molar-refractivity contribution in [3.63, 3.8) is 0 Å². The van der Waals surface area contributed by atoms with Crippen LogP contribution in [0.3, 0.4) is 0 Å². The Morgan fingerprint density at radius 1 is 1.27 bits per heavy atom. The summed E-state index contributed by atoms with van der Waals surface area (Å²) < 4.78 is 13.8. The van der Waals surface area contributed by atoms with E-state index in [2.05, 4.69) is 5.43 Å². The Hall–Kier alpha value is -0.800. The fourth-order valence-corrected chi connectivity index (χ4v) is 1.85. The van der Waals surface area contributed by atoms with E-state index in [-0.39, 0.29) is 12.4 Å². The summed E-state index contributed by atoms with van der Waals surface area (Å²) in [4.78, 5) is 0. The fourth-order valence-electron chi connectivity index (χ4n) is 1.85. The minimum absolute atomic E-state index is 0. The monoisotopic (exact) mass is 230 g/mol. The SMILES string of the molecule is Cc1cc(C2(F)CC2)cc(C)c1NN.Cl. The van der Waals surface area contributed by atoms with E-state index in [1.54, 1.807) is 0 Å². The molecule has 0 spiro atoms. The third kappa shape index (κ3) is 2.08. The van der Waals surface area contributed by atoms with Crippen molar-refractivity contribution in [3.05, 3.63) is 28.8 Å². The van der Waals surface area contributed by atoms with Gasteiger partial charge in [-0.15, -0.1) is 12.4 Å². The van der Waals surface area contributed by atoms with Gasteiger partial charge in [0.05, 0.1) is 5.69 Å². The van der Waals surface area contributed by atoms with E-state index >= 15 is 0 Å². The highest BCUT2D eigenvalue weighted by atomic mass is 35.5. The number of benzene rings is 1. The standard InChI is InChI=1S/C11H15FN2.ClH/c1-7-5-9(11(12)3-4-11)6-8(2)10(7)14-13;/h5-6,14H,3-4,13H2,1-2H3;1H. The highest BCUT2D eigenvalue weighted by Crippen LogP contribution is 2.50. The van der Waals surface area contributed by atoms with Gasteiger partial charge in [0.2, 0.25) is 0 Å².